The van der Waals surface area contributed by atoms with Crippen LogP contribution in [0.1, 0.15) is 5.56 Å². The van der Waals surface area contributed by atoms with Crippen molar-refractivity contribution in [2.24, 2.45) is 0 Å². The molecule has 0 aliphatic carbocycles. The second-order valence-electron chi connectivity index (χ2n) is 14.4. The molecule has 0 saturated heterocycles. The summed E-state index contributed by atoms with van der Waals surface area (Å²) in [5.41, 5.74) is 10.6. The lowest BCUT2D eigenvalue weighted by molar-refractivity contribution is 1.11. The first-order chi connectivity index (χ1) is 26.7. The number of para-hydroxylation sites is 2. The monoisotopic (exact) mass is 686 g/mol. The fourth-order valence-electron chi connectivity index (χ4n) is 8.70. The fraction of sp³-hybridized carbons (Fsp3) is 0.0192. The van der Waals surface area contributed by atoms with Crippen LogP contribution in [0.3, 0.4) is 0 Å². The van der Waals surface area contributed by atoms with Gasteiger partial charge in [0.05, 0.1) is 11.0 Å². The van der Waals surface area contributed by atoms with E-state index in [1.54, 1.807) is 0 Å². The van der Waals surface area contributed by atoms with E-state index >= 15 is 0 Å². The van der Waals surface area contributed by atoms with Gasteiger partial charge in [0, 0.05) is 11.3 Å². The lowest BCUT2D eigenvalue weighted by Gasteiger charge is -2.16. The maximum Gasteiger partial charge on any atom is 0.145 e. The number of imidazole rings is 1. The zero-order valence-electron chi connectivity index (χ0n) is 29.8. The SMILES string of the molecule is Cc1cccc2ccc3cccc(-c4cccc5ccc6cc(-c7ccc8cc(-n9c(-c%10ccccc%10)nc%10ccccc%109)ccc8c7)ccc6c45)c3c12. The highest BCUT2D eigenvalue weighted by molar-refractivity contribution is 6.21. The molecule has 54 heavy (non-hydrogen) atoms. The van der Waals surface area contributed by atoms with Crippen LogP contribution in [-0.4, -0.2) is 9.55 Å². The lowest BCUT2D eigenvalue weighted by atomic mass is 9.88. The van der Waals surface area contributed by atoms with E-state index in [9.17, 15) is 0 Å². The number of hydrogen-bond acceptors (Lipinski definition) is 1. The van der Waals surface area contributed by atoms with Gasteiger partial charge in [-0.3, -0.25) is 4.57 Å². The first kappa shape index (κ1) is 30.6. The summed E-state index contributed by atoms with van der Waals surface area (Å²) in [5.74, 6) is 0.948. The van der Waals surface area contributed by atoms with Gasteiger partial charge in [0.15, 0.2) is 0 Å². The van der Waals surface area contributed by atoms with E-state index in [1.807, 2.05) is 6.07 Å². The van der Waals surface area contributed by atoms with Gasteiger partial charge in [0.2, 0.25) is 0 Å². The van der Waals surface area contributed by atoms with Crippen molar-refractivity contribution in [2.45, 2.75) is 6.92 Å². The van der Waals surface area contributed by atoms with E-state index in [4.69, 9.17) is 4.98 Å². The van der Waals surface area contributed by atoms with Crippen LogP contribution in [0.5, 0.6) is 0 Å². The number of nitrogens with zero attached hydrogens (tertiary/aromatic N) is 2. The molecule has 252 valence electrons. The van der Waals surface area contributed by atoms with Crippen molar-refractivity contribution < 1.29 is 0 Å². The van der Waals surface area contributed by atoms with E-state index in [1.165, 1.54) is 81.7 Å². The van der Waals surface area contributed by atoms with E-state index in [2.05, 4.69) is 193 Å². The van der Waals surface area contributed by atoms with Gasteiger partial charge in [-0.25, -0.2) is 4.98 Å². The van der Waals surface area contributed by atoms with Crippen molar-refractivity contribution in [3.8, 4) is 39.3 Å². The Bertz CT molecular complexity index is 3280. The van der Waals surface area contributed by atoms with Gasteiger partial charge >= 0.3 is 0 Å². The first-order valence-electron chi connectivity index (χ1n) is 18.6. The maximum absolute atomic E-state index is 5.05. The average Bonchev–Trinajstić information content (AvgIpc) is 3.63. The maximum atomic E-state index is 5.05. The molecular weight excluding hydrogens is 653 g/mol. The number of aryl methyl sites for hydroxylation is 1. The summed E-state index contributed by atoms with van der Waals surface area (Å²) in [5, 5.41) is 12.7. The van der Waals surface area contributed by atoms with Crippen LogP contribution in [-0.2, 0) is 0 Å². The number of rotatable bonds is 4. The van der Waals surface area contributed by atoms with E-state index in [0.717, 1.165) is 28.1 Å². The molecule has 1 heterocycles. The smallest absolute Gasteiger partial charge is 0.145 e. The molecule has 0 fully saturated rings. The predicted octanol–water partition coefficient (Wildman–Crippen LogP) is 14.1. The van der Waals surface area contributed by atoms with Gasteiger partial charge in [0.1, 0.15) is 5.82 Å². The van der Waals surface area contributed by atoms with Crippen molar-refractivity contribution in [1.82, 2.24) is 9.55 Å². The second-order valence-corrected chi connectivity index (χ2v) is 14.4. The minimum Gasteiger partial charge on any atom is -0.292 e. The molecule has 2 heteroatoms. The molecule has 0 aliphatic heterocycles. The number of hydrogen-bond donors (Lipinski definition) is 0. The Balaban J connectivity index is 1.03. The minimum absolute atomic E-state index is 0.948. The van der Waals surface area contributed by atoms with Gasteiger partial charge in [-0.1, -0.05) is 152 Å². The van der Waals surface area contributed by atoms with Gasteiger partial charge < -0.3 is 0 Å². The third kappa shape index (κ3) is 4.77. The standard InChI is InChI=1S/C52H34N2/c1-33-10-7-13-34-20-21-36-15-9-17-46(51(36)49(33)34)45-16-8-14-35-22-25-42-31-40(27-29-44(42)50(35)45)38-23-24-41-32-43(28-26-39(41)30-38)54-48-19-6-5-18-47(48)53-52(54)37-11-3-2-4-12-37/h2-32H,1H3. The Morgan fingerprint density at radius 2 is 0.981 bits per heavy atom. The van der Waals surface area contributed by atoms with Crippen LogP contribution in [0.15, 0.2) is 188 Å². The summed E-state index contributed by atoms with van der Waals surface area (Å²) < 4.78 is 2.28. The van der Waals surface area contributed by atoms with Crippen molar-refractivity contribution in [1.29, 1.82) is 0 Å². The highest BCUT2D eigenvalue weighted by Gasteiger charge is 2.16. The Kier molecular flexibility index (Phi) is 6.80. The van der Waals surface area contributed by atoms with Crippen molar-refractivity contribution in [3.63, 3.8) is 0 Å². The van der Waals surface area contributed by atoms with Crippen molar-refractivity contribution >= 4 is 64.9 Å². The molecule has 10 aromatic carbocycles. The summed E-state index contributed by atoms with van der Waals surface area (Å²) in [7, 11) is 0. The molecule has 0 amide bonds. The number of aromatic nitrogens is 2. The van der Waals surface area contributed by atoms with Gasteiger partial charge in [-0.15, -0.1) is 0 Å². The molecule has 2 nitrogen and oxygen atoms in total. The molecule has 11 rings (SSSR count). The zero-order valence-corrected chi connectivity index (χ0v) is 29.8. The molecule has 0 N–H and O–H groups in total. The predicted molar refractivity (Wildman–Crippen MR) is 230 cm³/mol. The molecule has 0 bridgehead atoms. The highest BCUT2D eigenvalue weighted by atomic mass is 15.1. The van der Waals surface area contributed by atoms with Crippen LogP contribution >= 0.6 is 0 Å². The first-order valence-corrected chi connectivity index (χ1v) is 18.6. The molecule has 1 aromatic heterocycles. The van der Waals surface area contributed by atoms with Crippen LogP contribution in [0.2, 0.25) is 0 Å². The highest BCUT2D eigenvalue weighted by Crippen LogP contribution is 2.42. The van der Waals surface area contributed by atoms with Crippen LogP contribution in [0.4, 0.5) is 0 Å². The molecule has 0 unspecified atom stereocenters. The summed E-state index contributed by atoms with van der Waals surface area (Å²) in [6.45, 7) is 2.23. The molecule has 0 radical (unpaired) electrons. The number of benzene rings is 10. The molecular formula is C52H34N2. The van der Waals surface area contributed by atoms with Crippen molar-refractivity contribution in [3.05, 3.63) is 194 Å². The van der Waals surface area contributed by atoms with Gasteiger partial charge in [-0.05, 0) is 125 Å². The van der Waals surface area contributed by atoms with Gasteiger partial charge in [0.25, 0.3) is 0 Å². The van der Waals surface area contributed by atoms with Crippen molar-refractivity contribution in [2.75, 3.05) is 0 Å². The average molecular weight is 687 g/mol. The second kappa shape index (κ2) is 12.0. The van der Waals surface area contributed by atoms with E-state index < -0.39 is 0 Å². The van der Waals surface area contributed by atoms with Crippen LogP contribution in [0.25, 0.3) is 104 Å². The third-order valence-electron chi connectivity index (χ3n) is 11.3. The summed E-state index contributed by atoms with van der Waals surface area (Å²) in [4.78, 5) is 5.05. The Morgan fingerprint density at radius 1 is 0.389 bits per heavy atom. The molecule has 0 atom stereocenters. The Labute approximate surface area is 313 Å². The summed E-state index contributed by atoms with van der Waals surface area (Å²) in [6.07, 6.45) is 0. The Hall–Kier alpha value is -7.03. The molecule has 0 spiro atoms. The van der Waals surface area contributed by atoms with E-state index in [0.29, 0.717) is 0 Å². The van der Waals surface area contributed by atoms with E-state index in [-0.39, 0.29) is 0 Å². The van der Waals surface area contributed by atoms with Crippen LogP contribution in [0, 0.1) is 6.92 Å². The summed E-state index contributed by atoms with van der Waals surface area (Å²) in [6, 6.07) is 68.6. The number of fused-ring (bicyclic) bond motifs is 8. The quantitative estimate of drug-likeness (QED) is 0.169. The minimum atomic E-state index is 0.948. The lowest BCUT2D eigenvalue weighted by Crippen LogP contribution is -1.97. The molecule has 0 saturated carbocycles. The fourth-order valence-corrected chi connectivity index (χ4v) is 8.70. The van der Waals surface area contributed by atoms with Gasteiger partial charge in [-0.2, -0.15) is 0 Å². The summed E-state index contributed by atoms with van der Waals surface area (Å²) >= 11 is 0. The zero-order chi connectivity index (χ0) is 35.8. The molecule has 0 aliphatic rings. The normalized spacial score (nSPS) is 11.8. The molecule has 11 aromatic rings. The van der Waals surface area contributed by atoms with Crippen LogP contribution < -0.4 is 0 Å². The largest absolute Gasteiger partial charge is 0.292 e. The Morgan fingerprint density at radius 3 is 1.80 bits per heavy atom. The third-order valence-corrected chi connectivity index (χ3v) is 11.3. The topological polar surface area (TPSA) is 17.8 Å².